The lowest BCUT2D eigenvalue weighted by Crippen LogP contribution is -2.05. The van der Waals surface area contributed by atoms with Gasteiger partial charge in [-0.25, -0.2) is 4.68 Å². The molecule has 2 N–H and O–H groups in total. The molecule has 0 aliphatic carbocycles. The molecule has 106 valence electrons. The normalized spacial score (nSPS) is 10.8. The number of aromatic nitrogens is 4. The van der Waals surface area contributed by atoms with Gasteiger partial charge in [-0.1, -0.05) is 29.8 Å². The minimum absolute atomic E-state index is 0.510. The van der Waals surface area contributed by atoms with Crippen molar-refractivity contribution in [1.82, 2.24) is 20.2 Å². The van der Waals surface area contributed by atoms with Crippen molar-refractivity contribution in [2.75, 3.05) is 5.73 Å². The number of rotatable bonds is 3. The number of hydrogen-bond acceptors (Lipinski definition) is 4. The van der Waals surface area contributed by atoms with Crippen LogP contribution in [0.15, 0.2) is 42.5 Å². The van der Waals surface area contributed by atoms with Crippen LogP contribution in [0.4, 0.5) is 5.69 Å². The van der Waals surface area contributed by atoms with Crippen molar-refractivity contribution in [1.29, 1.82) is 0 Å². The van der Waals surface area contributed by atoms with Crippen LogP contribution < -0.4 is 5.73 Å². The average Bonchev–Trinajstić information content (AvgIpc) is 2.88. The van der Waals surface area contributed by atoms with Crippen LogP contribution in [-0.4, -0.2) is 20.2 Å². The summed E-state index contributed by atoms with van der Waals surface area (Å²) in [4.78, 5) is 0. The number of benzene rings is 2. The van der Waals surface area contributed by atoms with Crippen molar-refractivity contribution in [3.63, 3.8) is 0 Å². The lowest BCUT2D eigenvalue weighted by molar-refractivity contribution is 0.653. The van der Waals surface area contributed by atoms with E-state index in [9.17, 15) is 0 Å². The van der Waals surface area contributed by atoms with Gasteiger partial charge in [-0.3, -0.25) is 0 Å². The first-order valence-corrected chi connectivity index (χ1v) is 6.88. The maximum Gasteiger partial charge on any atom is 0.182 e. The third-order valence-electron chi connectivity index (χ3n) is 3.17. The maximum absolute atomic E-state index is 6.19. The van der Waals surface area contributed by atoms with Crippen molar-refractivity contribution in [3.8, 4) is 11.4 Å². The number of nitrogen functional groups attached to an aromatic ring is 1. The van der Waals surface area contributed by atoms with Gasteiger partial charge in [0.05, 0.1) is 6.54 Å². The number of aryl methyl sites for hydroxylation is 1. The number of tetrazole rings is 1. The minimum Gasteiger partial charge on any atom is -0.399 e. The Morgan fingerprint density at radius 2 is 2.00 bits per heavy atom. The molecule has 0 saturated carbocycles. The molecule has 0 aliphatic rings. The molecule has 0 bridgehead atoms. The minimum atomic E-state index is 0.510. The van der Waals surface area contributed by atoms with E-state index in [0.29, 0.717) is 23.1 Å². The molecule has 0 radical (unpaired) electrons. The molecule has 3 aromatic rings. The Bertz CT molecular complexity index is 761. The summed E-state index contributed by atoms with van der Waals surface area (Å²) in [6.45, 7) is 2.50. The molecule has 1 heterocycles. The molecule has 0 fully saturated rings. The maximum atomic E-state index is 6.19. The van der Waals surface area contributed by atoms with E-state index in [1.807, 2.05) is 49.4 Å². The molecule has 0 atom stereocenters. The SMILES string of the molecule is Cc1cc(N)cc(-c2nnnn2Cc2ccccc2Cl)c1. The largest absolute Gasteiger partial charge is 0.399 e. The zero-order valence-electron chi connectivity index (χ0n) is 11.5. The van der Waals surface area contributed by atoms with Crippen LogP contribution in [0.5, 0.6) is 0 Å². The lowest BCUT2D eigenvalue weighted by atomic mass is 10.1. The van der Waals surface area contributed by atoms with Gasteiger partial charge in [-0.05, 0) is 52.7 Å². The fourth-order valence-electron chi connectivity index (χ4n) is 2.25. The van der Waals surface area contributed by atoms with Crippen LogP contribution in [0.1, 0.15) is 11.1 Å². The predicted molar refractivity (Wildman–Crippen MR) is 83.0 cm³/mol. The number of nitrogens with two attached hydrogens (primary N) is 1. The molecule has 6 heteroatoms. The van der Waals surface area contributed by atoms with Crippen LogP contribution in [0.2, 0.25) is 5.02 Å². The lowest BCUT2D eigenvalue weighted by Gasteiger charge is -2.08. The number of halogens is 1. The molecular weight excluding hydrogens is 286 g/mol. The summed E-state index contributed by atoms with van der Waals surface area (Å²) in [5.41, 5.74) is 9.51. The Morgan fingerprint density at radius 3 is 2.76 bits per heavy atom. The molecule has 21 heavy (non-hydrogen) atoms. The Hall–Kier alpha value is -2.40. The van der Waals surface area contributed by atoms with Crippen molar-refractivity contribution >= 4 is 17.3 Å². The predicted octanol–water partition coefficient (Wildman–Crippen LogP) is 2.93. The molecule has 0 spiro atoms. The van der Waals surface area contributed by atoms with Crippen molar-refractivity contribution in [2.24, 2.45) is 0 Å². The van der Waals surface area contributed by atoms with E-state index in [-0.39, 0.29) is 0 Å². The van der Waals surface area contributed by atoms with Crippen LogP contribution in [0.3, 0.4) is 0 Å². The fraction of sp³-hybridized carbons (Fsp3) is 0.133. The summed E-state index contributed by atoms with van der Waals surface area (Å²) < 4.78 is 1.72. The summed E-state index contributed by atoms with van der Waals surface area (Å²) in [5.74, 6) is 0.672. The van der Waals surface area contributed by atoms with Crippen molar-refractivity contribution in [2.45, 2.75) is 13.5 Å². The van der Waals surface area contributed by atoms with E-state index in [4.69, 9.17) is 17.3 Å². The quantitative estimate of drug-likeness (QED) is 0.755. The van der Waals surface area contributed by atoms with E-state index in [2.05, 4.69) is 15.5 Å². The average molecular weight is 300 g/mol. The Morgan fingerprint density at radius 1 is 1.19 bits per heavy atom. The van der Waals surface area contributed by atoms with Gasteiger partial charge in [-0.15, -0.1) is 5.10 Å². The van der Waals surface area contributed by atoms with E-state index >= 15 is 0 Å². The Labute approximate surface area is 127 Å². The van der Waals surface area contributed by atoms with Gasteiger partial charge in [-0.2, -0.15) is 0 Å². The highest BCUT2D eigenvalue weighted by Crippen LogP contribution is 2.23. The number of anilines is 1. The fourth-order valence-corrected chi connectivity index (χ4v) is 2.44. The highest BCUT2D eigenvalue weighted by molar-refractivity contribution is 6.31. The van der Waals surface area contributed by atoms with E-state index in [0.717, 1.165) is 16.7 Å². The zero-order valence-corrected chi connectivity index (χ0v) is 12.2. The smallest absolute Gasteiger partial charge is 0.182 e. The van der Waals surface area contributed by atoms with Crippen LogP contribution in [0.25, 0.3) is 11.4 Å². The molecule has 0 amide bonds. The molecule has 2 aromatic carbocycles. The van der Waals surface area contributed by atoms with E-state index < -0.39 is 0 Å². The Kier molecular flexibility index (Phi) is 3.58. The summed E-state index contributed by atoms with van der Waals surface area (Å²) >= 11 is 6.19. The topological polar surface area (TPSA) is 69.6 Å². The first kappa shape index (κ1) is 13.6. The van der Waals surface area contributed by atoms with Gasteiger partial charge >= 0.3 is 0 Å². The molecule has 5 nitrogen and oxygen atoms in total. The summed E-state index contributed by atoms with van der Waals surface area (Å²) in [7, 11) is 0. The summed E-state index contributed by atoms with van der Waals surface area (Å²) in [5, 5.41) is 12.6. The third kappa shape index (κ3) is 2.87. The highest BCUT2D eigenvalue weighted by atomic mass is 35.5. The molecule has 0 unspecified atom stereocenters. The van der Waals surface area contributed by atoms with Crippen LogP contribution >= 0.6 is 11.6 Å². The molecule has 0 saturated heterocycles. The second-order valence-corrected chi connectivity index (χ2v) is 5.29. The van der Waals surface area contributed by atoms with Crippen molar-refractivity contribution in [3.05, 3.63) is 58.6 Å². The van der Waals surface area contributed by atoms with E-state index in [1.165, 1.54) is 0 Å². The molecular formula is C15H14ClN5. The van der Waals surface area contributed by atoms with Crippen LogP contribution in [-0.2, 0) is 6.54 Å². The van der Waals surface area contributed by atoms with E-state index in [1.54, 1.807) is 4.68 Å². The second kappa shape index (κ2) is 5.54. The second-order valence-electron chi connectivity index (χ2n) is 4.88. The summed E-state index contributed by atoms with van der Waals surface area (Å²) in [6, 6.07) is 13.4. The van der Waals surface area contributed by atoms with Gasteiger partial charge in [0.1, 0.15) is 0 Å². The van der Waals surface area contributed by atoms with Crippen molar-refractivity contribution < 1.29 is 0 Å². The highest BCUT2D eigenvalue weighted by Gasteiger charge is 2.11. The van der Waals surface area contributed by atoms with Gasteiger partial charge < -0.3 is 5.73 Å². The van der Waals surface area contributed by atoms with Gasteiger partial charge in [0.15, 0.2) is 5.82 Å². The first-order valence-electron chi connectivity index (χ1n) is 6.50. The molecule has 3 rings (SSSR count). The Balaban J connectivity index is 1.99. The number of hydrogen-bond donors (Lipinski definition) is 1. The third-order valence-corrected chi connectivity index (χ3v) is 3.54. The number of nitrogens with zero attached hydrogens (tertiary/aromatic N) is 4. The molecule has 0 aliphatic heterocycles. The van der Waals surface area contributed by atoms with Gasteiger partial charge in [0.2, 0.25) is 0 Å². The standard InChI is InChI=1S/C15H14ClN5/c1-10-6-12(8-13(17)7-10)15-18-19-20-21(15)9-11-4-2-3-5-14(11)16/h2-8H,9,17H2,1H3. The van der Waals surface area contributed by atoms with Crippen LogP contribution in [0, 0.1) is 6.92 Å². The summed E-state index contributed by atoms with van der Waals surface area (Å²) in [6.07, 6.45) is 0. The molecule has 1 aromatic heterocycles. The zero-order chi connectivity index (χ0) is 14.8. The first-order chi connectivity index (χ1) is 10.1. The monoisotopic (exact) mass is 299 g/mol. The van der Waals surface area contributed by atoms with Gasteiger partial charge in [0.25, 0.3) is 0 Å². The van der Waals surface area contributed by atoms with Gasteiger partial charge in [0, 0.05) is 16.3 Å².